The van der Waals surface area contributed by atoms with Gasteiger partial charge in [-0.05, 0) is 47.9 Å². The standard InChI is InChI=1S/C49H63N7O21P2Si/c1-35-29-56(48(61)55-47(35)60)45-28-41(42(76-45)30-69-49(36-10-8-7-9-11-36,37-12-16-39(64-2)17-13-37)38-14-18-40(65-3)19-15-38)77-46(59)21-20-43(57)54-33-75-79(63,71-25-23-51)73-27-26-72-78(62,70-24-22-50)74-31-44(58)53-32-52-34-80(66-4,67-5)68-6/h7-19,29,41-42,45,52H,20-21,24-28,30-34H2,1-6H3,(H,53,58)(H,54,57)(H,55,60,61)/t41?,42-,45-,78?,79?/m1/s1. The van der Waals surface area contributed by atoms with Crippen molar-refractivity contribution in [3.8, 4) is 23.6 Å². The number of H-pyrrole nitrogens is 1. The lowest BCUT2D eigenvalue weighted by molar-refractivity contribution is -0.156. The van der Waals surface area contributed by atoms with Gasteiger partial charge >= 0.3 is 36.1 Å². The number of benzene rings is 3. The number of esters is 1. The van der Waals surface area contributed by atoms with Gasteiger partial charge in [-0.2, -0.15) is 10.5 Å². The Bertz CT molecular complexity index is 2900. The van der Waals surface area contributed by atoms with Gasteiger partial charge < -0.3 is 47.6 Å². The number of nitriles is 2. The molecule has 1 fully saturated rings. The van der Waals surface area contributed by atoms with Crippen molar-refractivity contribution in [3.05, 3.63) is 128 Å². The molecule has 1 aliphatic rings. The number of hydrogen-bond donors (Lipinski definition) is 4. The molecular weight excluding hydrogens is 1110 g/mol. The summed E-state index contributed by atoms with van der Waals surface area (Å²) in [6, 6.07) is 27.1. The van der Waals surface area contributed by atoms with Crippen LogP contribution in [0.25, 0.3) is 0 Å². The second kappa shape index (κ2) is 31.5. The Labute approximate surface area is 461 Å². The zero-order valence-electron chi connectivity index (χ0n) is 44.6. The van der Waals surface area contributed by atoms with E-state index < -0.39 is 130 Å². The topological polar surface area (TPSA) is 353 Å². The second-order valence-corrected chi connectivity index (χ2v) is 23.0. The molecule has 5 rings (SSSR count). The van der Waals surface area contributed by atoms with Gasteiger partial charge in [0, 0.05) is 45.9 Å². The van der Waals surface area contributed by atoms with Crippen LogP contribution in [0.2, 0.25) is 0 Å². The first-order chi connectivity index (χ1) is 38.4. The number of aryl methyl sites for hydroxylation is 1. The number of nitrogens with one attached hydrogen (secondary N) is 4. The van der Waals surface area contributed by atoms with E-state index in [2.05, 4.69) is 20.9 Å². The SMILES string of the molecule is COc1ccc(C(OC[C@H]2O[C@@H](n3cc(C)c(=O)[nH]c3=O)CC2OC(=O)CCC(=O)NCOP(=O)(OCC#N)OCCOP(=O)(OCC#N)OCC(=O)NCNC[Si](OC)(OC)OC)(c2ccccc2)c2ccc(OC)cc2)cc1. The minimum Gasteiger partial charge on any atom is -0.497 e. The van der Waals surface area contributed by atoms with Gasteiger partial charge in [0.05, 0.1) is 65.4 Å². The summed E-state index contributed by atoms with van der Waals surface area (Å²) in [6.07, 6.45) is -2.74. The fraction of sp³-hybridized carbons (Fsp3) is 0.449. The number of carbonyl (C=O) groups excluding carboxylic acids is 3. The third kappa shape index (κ3) is 18.3. The Balaban J connectivity index is 1.21. The number of phosphoric ester groups is 2. The molecule has 434 valence electrons. The highest BCUT2D eigenvalue weighted by molar-refractivity contribution is 7.48. The Morgan fingerprint density at radius 2 is 1.31 bits per heavy atom. The molecule has 1 aliphatic heterocycles. The predicted molar refractivity (Wildman–Crippen MR) is 280 cm³/mol. The van der Waals surface area contributed by atoms with Crippen molar-refractivity contribution >= 4 is 42.2 Å². The Morgan fingerprint density at radius 1 is 0.750 bits per heavy atom. The zero-order valence-corrected chi connectivity index (χ0v) is 47.4. The van der Waals surface area contributed by atoms with Gasteiger partial charge in [-0.15, -0.1) is 0 Å². The van der Waals surface area contributed by atoms with Crippen molar-refractivity contribution in [2.75, 3.05) is 94.8 Å². The summed E-state index contributed by atoms with van der Waals surface area (Å²) in [4.78, 5) is 66.7. The normalized spacial score (nSPS) is 16.8. The second-order valence-electron chi connectivity index (χ2n) is 16.8. The minimum absolute atomic E-state index is 0.0757. The molecule has 2 heterocycles. The van der Waals surface area contributed by atoms with Crippen LogP contribution in [0.15, 0.2) is 94.6 Å². The third-order valence-electron chi connectivity index (χ3n) is 11.8. The van der Waals surface area contributed by atoms with E-state index in [4.69, 9.17) is 74.6 Å². The fourth-order valence-electron chi connectivity index (χ4n) is 7.72. The molecule has 4 aromatic rings. The molecule has 28 nitrogen and oxygen atoms in total. The first kappa shape index (κ1) is 64.3. The maximum Gasteiger partial charge on any atom is 0.514 e. The number of rotatable bonds is 35. The molecular formula is C49H63N7O21P2Si. The molecule has 2 amide bonds. The molecule has 0 bridgehead atoms. The van der Waals surface area contributed by atoms with E-state index in [0.717, 1.165) is 5.56 Å². The van der Waals surface area contributed by atoms with E-state index in [1.807, 2.05) is 54.6 Å². The van der Waals surface area contributed by atoms with Crippen LogP contribution in [0.1, 0.15) is 47.7 Å². The zero-order chi connectivity index (χ0) is 58.2. The molecule has 0 radical (unpaired) electrons. The molecule has 4 N–H and O–H groups in total. The highest BCUT2D eigenvalue weighted by atomic mass is 31.2. The van der Waals surface area contributed by atoms with E-state index in [1.54, 1.807) is 50.6 Å². The van der Waals surface area contributed by atoms with Crippen molar-refractivity contribution in [2.45, 2.75) is 50.2 Å². The van der Waals surface area contributed by atoms with Gasteiger partial charge in [0.15, 0.2) is 0 Å². The lowest BCUT2D eigenvalue weighted by atomic mass is 9.80. The van der Waals surface area contributed by atoms with Crippen LogP contribution in [0.5, 0.6) is 11.5 Å². The van der Waals surface area contributed by atoms with Crippen molar-refractivity contribution in [1.29, 1.82) is 10.5 Å². The smallest absolute Gasteiger partial charge is 0.497 e. The van der Waals surface area contributed by atoms with E-state index in [9.17, 15) is 33.1 Å². The van der Waals surface area contributed by atoms with Crippen LogP contribution >= 0.6 is 15.6 Å². The summed E-state index contributed by atoms with van der Waals surface area (Å²) in [5.41, 5.74) is -0.363. The number of carbonyl (C=O) groups is 3. The molecule has 3 unspecified atom stereocenters. The van der Waals surface area contributed by atoms with Gasteiger partial charge in [-0.25, -0.2) is 13.9 Å². The van der Waals surface area contributed by atoms with Crippen LogP contribution in [-0.2, 0) is 83.7 Å². The van der Waals surface area contributed by atoms with Gasteiger partial charge in [0.2, 0.25) is 11.8 Å². The van der Waals surface area contributed by atoms with E-state index in [0.29, 0.717) is 22.6 Å². The average molecular weight is 1180 g/mol. The van der Waals surface area contributed by atoms with Gasteiger partial charge in [0.1, 0.15) is 62.1 Å². The van der Waals surface area contributed by atoms with Crippen LogP contribution in [0, 0.1) is 29.6 Å². The number of ether oxygens (including phenoxy) is 5. The largest absolute Gasteiger partial charge is 0.514 e. The number of amides is 2. The highest BCUT2D eigenvalue weighted by Gasteiger charge is 2.44. The molecule has 80 heavy (non-hydrogen) atoms. The number of aromatic amines is 1. The quantitative estimate of drug-likeness (QED) is 0.0128. The van der Waals surface area contributed by atoms with Gasteiger partial charge in [0.25, 0.3) is 5.56 Å². The first-order valence-corrected chi connectivity index (χ1v) is 29.2. The summed E-state index contributed by atoms with van der Waals surface area (Å²) in [5, 5.41) is 25.7. The van der Waals surface area contributed by atoms with Crippen molar-refractivity contribution < 1.29 is 87.6 Å². The van der Waals surface area contributed by atoms with Crippen LogP contribution in [-0.4, -0.2) is 143 Å². The molecule has 0 spiro atoms. The molecule has 0 saturated carbocycles. The lowest BCUT2D eigenvalue weighted by Crippen LogP contribution is -2.54. The maximum atomic E-state index is 13.6. The Morgan fingerprint density at radius 3 is 1.86 bits per heavy atom. The number of phosphoric acid groups is 2. The lowest BCUT2D eigenvalue weighted by Gasteiger charge is -2.37. The molecule has 1 aromatic heterocycles. The van der Waals surface area contributed by atoms with Crippen molar-refractivity contribution in [1.82, 2.24) is 25.5 Å². The highest BCUT2D eigenvalue weighted by Crippen LogP contribution is 2.51. The summed E-state index contributed by atoms with van der Waals surface area (Å²) in [6.45, 7) is -3.49. The van der Waals surface area contributed by atoms with E-state index in [1.165, 1.54) is 39.0 Å². The molecule has 31 heteroatoms. The summed E-state index contributed by atoms with van der Waals surface area (Å²) < 4.78 is 104. The number of nitrogens with zero attached hydrogens (tertiary/aromatic N) is 3. The predicted octanol–water partition coefficient (Wildman–Crippen LogP) is 3.37. The average Bonchev–Trinajstić information content (AvgIpc) is 3.88. The number of methoxy groups -OCH3 is 2. The monoisotopic (exact) mass is 1180 g/mol. The molecule has 5 atom stereocenters. The summed E-state index contributed by atoms with van der Waals surface area (Å²) >= 11 is 0. The number of hydrogen-bond acceptors (Lipinski definition) is 24. The van der Waals surface area contributed by atoms with Gasteiger partial charge in [-0.1, -0.05) is 54.6 Å². The summed E-state index contributed by atoms with van der Waals surface area (Å²) in [5.74, 6) is -1.23. The third-order valence-corrected chi connectivity index (χ3v) is 17.1. The molecule has 0 aliphatic carbocycles. The van der Waals surface area contributed by atoms with E-state index >= 15 is 0 Å². The fourth-order valence-corrected chi connectivity index (χ4v) is 11.1. The molecule has 1 saturated heterocycles. The molecule has 3 aromatic carbocycles. The van der Waals surface area contributed by atoms with Crippen molar-refractivity contribution in [3.63, 3.8) is 0 Å². The van der Waals surface area contributed by atoms with E-state index in [-0.39, 0.29) is 31.4 Å². The van der Waals surface area contributed by atoms with Crippen LogP contribution < -0.4 is 36.7 Å². The Hall–Kier alpha value is -6.47. The van der Waals surface area contributed by atoms with Crippen LogP contribution in [0.3, 0.4) is 0 Å². The van der Waals surface area contributed by atoms with Crippen molar-refractivity contribution in [2.24, 2.45) is 0 Å². The summed E-state index contributed by atoms with van der Waals surface area (Å²) in [7, 11) is -4.95. The minimum atomic E-state index is -4.66. The Kier molecular flexibility index (Phi) is 25.3. The first-order valence-electron chi connectivity index (χ1n) is 24.3. The number of aromatic nitrogens is 2. The van der Waals surface area contributed by atoms with Crippen LogP contribution in [0.4, 0.5) is 0 Å². The van der Waals surface area contributed by atoms with Gasteiger partial charge in [-0.3, -0.25) is 61.2 Å². The maximum absolute atomic E-state index is 13.6.